The van der Waals surface area contributed by atoms with Gasteiger partial charge in [-0.1, -0.05) is 156 Å². The SMILES string of the molecule is Cc1cc2c3c(c1)N(c1ccc(C(C)(C)C)cc1)c1c(n(-c4ccc(C(C)(C)C)cc4)c4ccc5c6ccccc6sc5c14)B3c1cc(C(C)(C)C)ccc1N2c1ccc(C(C)(C)C)cc1. The number of aromatic nitrogens is 1. The van der Waals surface area contributed by atoms with Crippen LogP contribution in [0.2, 0.25) is 0 Å². The number of fused-ring (bicyclic) bond motifs is 10. The van der Waals surface area contributed by atoms with E-state index in [4.69, 9.17) is 0 Å². The van der Waals surface area contributed by atoms with Crippen molar-refractivity contribution in [2.24, 2.45) is 0 Å². The van der Waals surface area contributed by atoms with Gasteiger partial charge >= 0.3 is 0 Å². The van der Waals surface area contributed by atoms with Crippen LogP contribution in [0.25, 0.3) is 36.8 Å². The average molecular weight is 880 g/mol. The Morgan fingerprint density at radius 3 is 1.52 bits per heavy atom. The zero-order valence-corrected chi connectivity index (χ0v) is 41.9. The first-order valence-electron chi connectivity index (χ1n) is 23.9. The van der Waals surface area contributed by atoms with Gasteiger partial charge in [-0.05, 0) is 134 Å². The van der Waals surface area contributed by atoms with E-state index in [9.17, 15) is 0 Å². The van der Waals surface area contributed by atoms with E-state index in [0.717, 1.165) is 0 Å². The van der Waals surface area contributed by atoms with Crippen LogP contribution in [-0.2, 0) is 21.7 Å². The van der Waals surface area contributed by atoms with E-state index in [0.29, 0.717) is 0 Å². The van der Waals surface area contributed by atoms with Gasteiger partial charge in [-0.15, -0.1) is 11.3 Å². The summed E-state index contributed by atoms with van der Waals surface area (Å²) in [4.78, 5) is 5.22. The molecule has 0 atom stereocenters. The number of anilines is 6. The van der Waals surface area contributed by atoms with Gasteiger partial charge in [-0.3, -0.25) is 0 Å². The maximum atomic E-state index is 2.65. The van der Waals surface area contributed by atoms with Gasteiger partial charge in [-0.2, -0.15) is 0 Å². The highest BCUT2D eigenvalue weighted by molar-refractivity contribution is 7.26. The largest absolute Gasteiger partial charge is 0.319 e. The summed E-state index contributed by atoms with van der Waals surface area (Å²) in [6, 6.07) is 54.4. The maximum absolute atomic E-state index is 2.65. The molecule has 9 aromatic rings. The molecule has 0 bridgehead atoms. The summed E-state index contributed by atoms with van der Waals surface area (Å²) in [6.07, 6.45) is 0. The fourth-order valence-corrected chi connectivity index (χ4v) is 12.0. The maximum Gasteiger partial charge on any atom is 0.273 e. The molecule has 11 rings (SSSR count). The summed E-state index contributed by atoms with van der Waals surface area (Å²) >= 11 is 1.94. The summed E-state index contributed by atoms with van der Waals surface area (Å²) in [5.74, 6) is 0. The average Bonchev–Trinajstić information content (AvgIpc) is 3.81. The Hall–Kier alpha value is -6.04. The van der Waals surface area contributed by atoms with Crippen molar-refractivity contribution in [1.29, 1.82) is 0 Å². The van der Waals surface area contributed by atoms with Crippen LogP contribution in [0.3, 0.4) is 0 Å². The first kappa shape index (κ1) is 42.6. The van der Waals surface area contributed by atoms with Crippen LogP contribution in [-0.4, -0.2) is 11.3 Å². The molecule has 2 aliphatic heterocycles. The molecule has 4 heterocycles. The Bertz CT molecular complexity index is 3390. The minimum atomic E-state index is -0.0720. The molecule has 66 heavy (non-hydrogen) atoms. The molecule has 0 fully saturated rings. The van der Waals surface area contributed by atoms with Gasteiger partial charge in [0.05, 0.1) is 11.2 Å². The molecule has 2 aliphatic rings. The molecule has 0 saturated heterocycles. The topological polar surface area (TPSA) is 11.4 Å². The Kier molecular flexibility index (Phi) is 9.35. The monoisotopic (exact) mass is 879 g/mol. The Morgan fingerprint density at radius 1 is 0.455 bits per heavy atom. The van der Waals surface area contributed by atoms with Crippen LogP contribution in [0.15, 0.2) is 140 Å². The normalized spacial score (nSPS) is 14.0. The molecule has 0 spiro atoms. The van der Waals surface area contributed by atoms with E-state index in [2.05, 4.69) is 244 Å². The van der Waals surface area contributed by atoms with Gasteiger partial charge in [0.15, 0.2) is 0 Å². The van der Waals surface area contributed by atoms with Crippen molar-refractivity contribution >= 4 is 99.8 Å². The summed E-state index contributed by atoms with van der Waals surface area (Å²) in [5, 5.41) is 3.94. The van der Waals surface area contributed by atoms with Gasteiger partial charge in [0.2, 0.25) is 0 Å². The van der Waals surface area contributed by atoms with Crippen molar-refractivity contribution in [1.82, 2.24) is 4.57 Å². The predicted molar refractivity (Wildman–Crippen MR) is 290 cm³/mol. The van der Waals surface area contributed by atoms with E-state index >= 15 is 0 Å². The van der Waals surface area contributed by atoms with Crippen LogP contribution >= 0.6 is 11.3 Å². The highest BCUT2D eigenvalue weighted by atomic mass is 32.1. The summed E-state index contributed by atoms with van der Waals surface area (Å²) < 4.78 is 5.30. The molecular formula is C61H62BN3S. The lowest BCUT2D eigenvalue weighted by Gasteiger charge is -2.44. The fourth-order valence-electron chi connectivity index (χ4n) is 10.8. The molecule has 0 unspecified atom stereocenters. The second-order valence-electron chi connectivity index (χ2n) is 23.2. The molecule has 7 aromatic carbocycles. The number of benzene rings is 7. The standard InChI is InChI=1S/C61H62BN3S/c1-37-34-50-54-51(35-37)64(43-27-20-39(21-28-43)59(5,6)7)55-53-49(33-31-46-45-16-14-15-17-52(45)66-56(46)53)65(44-29-22-40(23-30-44)60(8,9)10)57(55)62(54)47-36-41(61(11,12)13)24-32-48(47)63(50)42-25-18-38(19-26-42)58(2,3)4/h14-36H,1-13H3. The van der Waals surface area contributed by atoms with Gasteiger partial charge in [0, 0.05) is 65.3 Å². The molecule has 0 radical (unpaired) electrons. The van der Waals surface area contributed by atoms with Crippen LogP contribution < -0.4 is 26.3 Å². The second kappa shape index (κ2) is 14.5. The van der Waals surface area contributed by atoms with E-state index in [1.807, 2.05) is 11.3 Å². The molecule has 2 aromatic heterocycles. The van der Waals surface area contributed by atoms with Crippen molar-refractivity contribution in [2.45, 2.75) is 112 Å². The number of aryl methyl sites for hydroxylation is 1. The number of thiophene rings is 1. The number of rotatable bonds is 3. The van der Waals surface area contributed by atoms with Crippen molar-refractivity contribution in [3.8, 4) is 5.69 Å². The fraction of sp³-hybridized carbons (Fsp3) is 0.279. The smallest absolute Gasteiger partial charge is 0.273 e. The summed E-state index contributed by atoms with van der Waals surface area (Å²) in [5.41, 5.74) is 20.4. The molecule has 3 nitrogen and oxygen atoms in total. The third-order valence-corrected chi connectivity index (χ3v) is 15.7. The van der Waals surface area contributed by atoms with Gasteiger partial charge in [0.1, 0.15) is 0 Å². The molecule has 330 valence electrons. The van der Waals surface area contributed by atoms with Crippen molar-refractivity contribution in [2.75, 3.05) is 9.80 Å². The quantitative estimate of drug-likeness (QED) is 0.164. The highest BCUT2D eigenvalue weighted by Crippen LogP contribution is 2.51. The zero-order chi connectivity index (χ0) is 46.4. The Balaban J connectivity index is 1.32. The number of hydrogen-bond donors (Lipinski definition) is 0. The Morgan fingerprint density at radius 2 is 0.955 bits per heavy atom. The molecule has 0 aliphatic carbocycles. The van der Waals surface area contributed by atoms with Crippen LogP contribution in [0.4, 0.5) is 34.1 Å². The molecule has 5 heteroatoms. The number of nitrogens with zero attached hydrogens (tertiary/aromatic N) is 3. The van der Waals surface area contributed by atoms with Crippen molar-refractivity contribution in [3.63, 3.8) is 0 Å². The summed E-state index contributed by atoms with van der Waals surface area (Å²) in [7, 11) is 0. The lowest BCUT2D eigenvalue weighted by molar-refractivity contribution is 0.590. The molecule has 0 saturated carbocycles. The number of hydrogen-bond acceptors (Lipinski definition) is 3. The third-order valence-electron chi connectivity index (χ3n) is 14.5. The zero-order valence-electron chi connectivity index (χ0n) is 41.1. The second-order valence-corrected chi connectivity index (χ2v) is 24.3. The van der Waals surface area contributed by atoms with E-state index in [1.54, 1.807) is 0 Å². The minimum absolute atomic E-state index is 0.0230. The van der Waals surface area contributed by atoms with Gasteiger partial charge in [0.25, 0.3) is 6.71 Å². The minimum Gasteiger partial charge on any atom is -0.319 e. The molecule has 0 N–H and O–H groups in total. The van der Waals surface area contributed by atoms with Crippen LogP contribution in [0.5, 0.6) is 0 Å². The van der Waals surface area contributed by atoms with Crippen LogP contribution in [0, 0.1) is 6.92 Å². The Labute approximate surface area is 396 Å². The molecular weight excluding hydrogens is 818 g/mol. The predicted octanol–water partition coefficient (Wildman–Crippen LogP) is 15.6. The lowest BCUT2D eigenvalue weighted by atomic mass is 9.34. The first-order chi connectivity index (χ1) is 31.2. The van der Waals surface area contributed by atoms with E-state index in [-0.39, 0.29) is 28.4 Å². The van der Waals surface area contributed by atoms with Gasteiger partial charge in [-0.25, -0.2) is 0 Å². The summed E-state index contributed by atoms with van der Waals surface area (Å²) in [6.45, 7) is 30.0. The van der Waals surface area contributed by atoms with E-state index in [1.165, 1.54) is 115 Å². The lowest BCUT2D eigenvalue weighted by Crippen LogP contribution is -2.63. The molecule has 0 amide bonds. The highest BCUT2D eigenvalue weighted by Gasteiger charge is 2.47. The van der Waals surface area contributed by atoms with E-state index < -0.39 is 0 Å². The first-order valence-corrected chi connectivity index (χ1v) is 24.7. The van der Waals surface area contributed by atoms with Crippen LogP contribution in [0.1, 0.15) is 111 Å². The third kappa shape index (κ3) is 6.59. The van der Waals surface area contributed by atoms with Gasteiger partial charge < -0.3 is 14.4 Å². The van der Waals surface area contributed by atoms with Crippen molar-refractivity contribution in [3.05, 3.63) is 167 Å². The van der Waals surface area contributed by atoms with Crippen molar-refractivity contribution < 1.29 is 0 Å².